The number of pyridine rings is 3. The number of hydrogen-bond donors (Lipinski definition) is 0. The van der Waals surface area contributed by atoms with Crippen molar-refractivity contribution in [2.75, 3.05) is 0 Å². The van der Waals surface area contributed by atoms with Gasteiger partial charge in [-0.2, -0.15) is 0 Å². The van der Waals surface area contributed by atoms with Gasteiger partial charge in [0.1, 0.15) is 16.9 Å². The third-order valence-corrected chi connectivity index (χ3v) is 25.3. The molecule has 9 heteroatoms. The van der Waals surface area contributed by atoms with E-state index in [0.717, 1.165) is 210 Å². The van der Waals surface area contributed by atoms with Crippen molar-refractivity contribution in [3.05, 3.63) is 468 Å². The Morgan fingerprint density at radius 1 is 0.219 bits per heavy atom. The fourth-order valence-corrected chi connectivity index (χ4v) is 19.0. The molecule has 18 aromatic carbocycles. The first-order valence-electron chi connectivity index (χ1n) is 42.9. The second-order valence-corrected chi connectivity index (χ2v) is 32.5. The maximum atomic E-state index is 14.4. The van der Waals surface area contributed by atoms with Crippen LogP contribution in [-0.2, 0) is 6.42 Å². The van der Waals surface area contributed by atoms with Gasteiger partial charge in [-0.15, -0.1) is 6.58 Å². The van der Waals surface area contributed by atoms with Crippen LogP contribution in [0.15, 0.2) is 423 Å². The van der Waals surface area contributed by atoms with Gasteiger partial charge >= 0.3 is 0 Å². The summed E-state index contributed by atoms with van der Waals surface area (Å²) < 4.78 is 5.42. The Morgan fingerprint density at radius 2 is 0.469 bits per heavy atom. The van der Waals surface area contributed by atoms with Gasteiger partial charge in [0.15, 0.2) is 0 Å². The van der Waals surface area contributed by atoms with Crippen LogP contribution in [-0.4, -0.2) is 28.2 Å². The summed E-state index contributed by atoms with van der Waals surface area (Å²) >= 11 is 0. The number of benzene rings is 18. The number of hydrogen-bond acceptors (Lipinski definition) is 6. The lowest BCUT2D eigenvalue weighted by Gasteiger charge is -2.12. The van der Waals surface area contributed by atoms with Crippen molar-refractivity contribution in [2.24, 2.45) is 0 Å². The van der Waals surface area contributed by atoms with Gasteiger partial charge in [0.25, 0.3) is 16.7 Å². The summed E-state index contributed by atoms with van der Waals surface area (Å²) in [4.78, 5) is 58.8. The Morgan fingerprint density at radius 3 is 0.797 bits per heavy atom. The molecule has 602 valence electrons. The van der Waals surface area contributed by atoms with Crippen molar-refractivity contribution in [1.29, 1.82) is 0 Å². The van der Waals surface area contributed by atoms with Crippen molar-refractivity contribution >= 4 is 139 Å². The minimum atomic E-state index is -0.0621. The maximum absolute atomic E-state index is 14.4. The van der Waals surface area contributed by atoms with E-state index in [1.54, 1.807) is 8.80 Å². The fourth-order valence-electron chi connectivity index (χ4n) is 19.0. The van der Waals surface area contributed by atoms with Crippen LogP contribution < -0.4 is 16.7 Å². The summed E-state index contributed by atoms with van der Waals surface area (Å²) in [6.07, 6.45) is 10.1. The van der Waals surface area contributed by atoms with Crippen LogP contribution in [0, 0.1) is 0 Å². The van der Waals surface area contributed by atoms with Crippen molar-refractivity contribution in [3.8, 4) is 100 Å². The molecule has 0 amide bonds. The Labute approximate surface area is 736 Å². The lowest BCUT2D eigenvalue weighted by Crippen LogP contribution is -2.13. The molecule has 6 heterocycles. The Bertz CT molecular complexity index is 8510. The van der Waals surface area contributed by atoms with E-state index in [-0.39, 0.29) is 16.7 Å². The van der Waals surface area contributed by atoms with E-state index < -0.39 is 0 Å². The molecule has 0 N–H and O–H groups in total. The van der Waals surface area contributed by atoms with E-state index in [1.165, 1.54) is 5.56 Å². The molecule has 0 bridgehead atoms. The first kappa shape index (κ1) is 77.0. The zero-order valence-corrected chi connectivity index (χ0v) is 69.8. The predicted molar refractivity (Wildman–Crippen MR) is 539 cm³/mol. The van der Waals surface area contributed by atoms with E-state index in [0.29, 0.717) is 33.1 Å². The lowest BCUT2D eigenvalue weighted by molar-refractivity contribution is 1.19. The largest absolute Gasteiger partial charge is 0.268 e. The number of fused-ring (bicyclic) bond motifs is 12. The number of rotatable bonds is 15. The molecule has 0 radical (unpaired) electrons. The normalized spacial score (nSPS) is 11.6. The molecule has 0 fully saturated rings. The molecule has 24 aromatic rings. The minimum Gasteiger partial charge on any atom is -0.268 e. The molecule has 24 rings (SSSR count). The first-order valence-corrected chi connectivity index (χ1v) is 42.9. The zero-order valence-electron chi connectivity index (χ0n) is 69.8. The molecule has 0 aliphatic rings. The van der Waals surface area contributed by atoms with Gasteiger partial charge in [-0.1, -0.05) is 366 Å². The highest BCUT2D eigenvalue weighted by Gasteiger charge is 2.26. The number of nitrogens with zero attached hydrogens (tertiary/aromatic N) is 6. The quantitative estimate of drug-likeness (QED) is 0.0948. The van der Waals surface area contributed by atoms with Gasteiger partial charge in [-0.05, 0) is 195 Å². The summed E-state index contributed by atoms with van der Waals surface area (Å²) in [7, 11) is 0. The lowest BCUT2D eigenvalue weighted by atomic mass is 9.93. The molecule has 128 heavy (non-hydrogen) atoms. The smallest absolute Gasteiger partial charge is 0.264 e. The summed E-state index contributed by atoms with van der Waals surface area (Å²) in [6.45, 7) is 19.5. The van der Waals surface area contributed by atoms with E-state index in [1.807, 2.05) is 132 Å². The van der Waals surface area contributed by atoms with Crippen molar-refractivity contribution < 1.29 is 0 Å². The van der Waals surface area contributed by atoms with Crippen LogP contribution in [0.25, 0.3) is 239 Å². The standard InChI is InChI=1S/2C40H26N2O.C39H26N2O/c1-3-25-13-17-27(18-14-25)30-23-35(29-19-15-26(4-2)16-20-29)38-36(24-30)42-39(41-38)33-22-21-31(28-9-6-5-7-10-28)32-11-8-12-34(37(32)33)40(42)43;1-3-25-13-17-27(18-14-25)30-23-35(29-19-15-26(4-2)16-20-29)38-36(24-30)42-39(41-38)33-12-8-11-32-31(28-9-6-5-7-10-28)21-22-34(37(32)33)40(42)43;1-2-10-25-17-19-28(20-18-25)30-21-22-33-36-31(30)15-9-16-32(36)38-40-37-34(27-13-7-4-8-14-27)23-29(26-11-5-3-6-12-26)24-35(37)41(38)39(33)42/h2*3-24H,1-2H2;2-9,11-24H,1,10H2. The molecule has 9 nitrogen and oxygen atoms in total. The summed E-state index contributed by atoms with van der Waals surface area (Å²) in [5, 5.41) is 11.0. The zero-order chi connectivity index (χ0) is 86.4. The van der Waals surface area contributed by atoms with E-state index in [4.69, 9.17) is 15.0 Å². The molecular formula is C119H78N6O3. The average Bonchev–Trinajstić information content (AvgIpc) is 1.55. The highest BCUT2D eigenvalue weighted by Crippen LogP contribution is 2.45. The highest BCUT2D eigenvalue weighted by atomic mass is 16.1. The van der Waals surface area contributed by atoms with Crippen LogP contribution >= 0.6 is 0 Å². The molecule has 0 atom stereocenters. The first-order chi connectivity index (χ1) is 63.0. The van der Waals surface area contributed by atoms with Gasteiger partial charge in [-0.3, -0.25) is 27.6 Å². The number of allylic oxidation sites excluding steroid dienone is 1. The topological polar surface area (TPSA) is 103 Å². The van der Waals surface area contributed by atoms with Gasteiger partial charge < -0.3 is 0 Å². The molecule has 0 spiro atoms. The number of imidazole rings is 3. The SMILES string of the molecule is C=CCc1ccc(-c2ccc3c(=O)n4c5cc(-c6ccccc6)cc(-c6ccccc6)c5nc4c4cccc2c34)cc1.C=Cc1ccc(-c2cc(-c3ccc(C=C)cc3)c3nc4c5ccc(-c6ccccc6)c6cccc(c(=O)n4c3c2)c65)cc1.C=Cc1ccc(-c2cc(-c3ccc(C=C)cc3)c3nc4c5cccc6c(-c7ccccc7)ccc(c(=O)n4c3c2)c65)cc1. The molecular weight excluding hydrogens is 1560 g/mol. The van der Waals surface area contributed by atoms with Crippen molar-refractivity contribution in [1.82, 2.24) is 28.2 Å². The predicted octanol–water partition coefficient (Wildman–Crippen LogP) is 29.1. The summed E-state index contributed by atoms with van der Waals surface area (Å²) in [6, 6.07) is 127. The Balaban J connectivity index is 0.000000113. The molecule has 0 aliphatic carbocycles. The molecule has 0 aliphatic heterocycles. The van der Waals surface area contributed by atoms with Crippen molar-refractivity contribution in [2.45, 2.75) is 6.42 Å². The maximum Gasteiger partial charge on any atom is 0.264 e. The van der Waals surface area contributed by atoms with Gasteiger partial charge in [-0.25, -0.2) is 15.0 Å². The molecule has 6 aromatic heterocycles. The van der Waals surface area contributed by atoms with Crippen molar-refractivity contribution in [3.63, 3.8) is 0 Å². The van der Waals surface area contributed by atoms with Crippen LogP contribution in [0.4, 0.5) is 0 Å². The second kappa shape index (κ2) is 31.6. The molecule has 0 unspecified atom stereocenters. The van der Waals surface area contributed by atoms with Gasteiger partial charge in [0.05, 0.1) is 33.1 Å². The molecule has 0 saturated heterocycles. The minimum absolute atomic E-state index is 0.0479. The van der Waals surface area contributed by atoms with Gasteiger partial charge in [0.2, 0.25) is 0 Å². The number of aromatic nitrogens is 6. The third-order valence-electron chi connectivity index (χ3n) is 25.3. The van der Waals surface area contributed by atoms with Crippen LogP contribution in [0.5, 0.6) is 0 Å². The summed E-state index contributed by atoms with van der Waals surface area (Å²) in [5.74, 6) is 0. The monoisotopic (exact) mass is 1640 g/mol. The molecule has 0 saturated carbocycles. The highest BCUT2D eigenvalue weighted by molar-refractivity contribution is 6.23. The van der Waals surface area contributed by atoms with E-state index in [2.05, 4.69) is 306 Å². The van der Waals surface area contributed by atoms with Crippen LogP contribution in [0.2, 0.25) is 0 Å². The van der Waals surface area contributed by atoms with Gasteiger partial charge in [0, 0.05) is 65.2 Å². The third kappa shape index (κ3) is 12.9. The summed E-state index contributed by atoms with van der Waals surface area (Å²) in [5.41, 5.74) is 31.2. The van der Waals surface area contributed by atoms with E-state index in [9.17, 15) is 14.4 Å². The Hall–Kier alpha value is -17.1. The second-order valence-electron chi connectivity index (χ2n) is 32.5. The van der Waals surface area contributed by atoms with Crippen LogP contribution in [0.1, 0.15) is 27.8 Å². The Kier molecular flexibility index (Phi) is 19.0. The average molecular weight is 1640 g/mol. The fraction of sp³-hybridized carbons (Fsp3) is 0.00840. The van der Waals surface area contributed by atoms with Crippen LogP contribution in [0.3, 0.4) is 0 Å². The van der Waals surface area contributed by atoms with E-state index >= 15 is 0 Å².